The molecular weight excluding hydrogens is 313 g/mol. The third kappa shape index (κ3) is 5.99. The smallest absolute Gasteiger partial charge is 0.352 e. The van der Waals surface area contributed by atoms with Crippen molar-refractivity contribution in [2.24, 2.45) is 0 Å². The fourth-order valence-corrected chi connectivity index (χ4v) is 1.80. The summed E-state index contributed by atoms with van der Waals surface area (Å²) < 4.78 is 35.7. The summed E-state index contributed by atoms with van der Waals surface area (Å²) in [6.07, 6.45) is -4.99. The third-order valence-corrected chi connectivity index (χ3v) is 2.88. The number of nitro groups is 1. The van der Waals surface area contributed by atoms with Crippen molar-refractivity contribution in [2.45, 2.75) is 25.4 Å². The van der Waals surface area contributed by atoms with Crippen LogP contribution in [0, 0.1) is 10.1 Å². The van der Waals surface area contributed by atoms with E-state index in [-0.39, 0.29) is 35.7 Å². The van der Waals surface area contributed by atoms with E-state index in [9.17, 15) is 28.1 Å². The van der Waals surface area contributed by atoms with Gasteiger partial charge in [0, 0.05) is 24.6 Å². The zero-order valence-electron chi connectivity index (χ0n) is 10.7. The van der Waals surface area contributed by atoms with Crippen LogP contribution in [0.1, 0.15) is 29.6 Å². The van der Waals surface area contributed by atoms with Crippen LogP contribution in [-0.4, -0.2) is 23.6 Å². The zero-order valence-corrected chi connectivity index (χ0v) is 11.5. The van der Waals surface area contributed by atoms with Crippen molar-refractivity contribution in [3.63, 3.8) is 0 Å². The number of nitrogens with zero attached hydrogens (tertiary/aromatic N) is 1. The molecular formula is C12H12ClF3N2O3. The van der Waals surface area contributed by atoms with E-state index in [1.165, 1.54) is 6.07 Å². The van der Waals surface area contributed by atoms with Crippen LogP contribution in [-0.2, 0) is 0 Å². The second-order valence-electron chi connectivity index (χ2n) is 4.25. The molecule has 1 amide bonds. The quantitative estimate of drug-likeness (QED) is 0.492. The Bertz CT molecular complexity index is 535. The number of rotatable bonds is 6. The lowest BCUT2D eigenvalue weighted by Crippen LogP contribution is -2.24. The molecule has 0 radical (unpaired) electrons. The lowest BCUT2D eigenvalue weighted by Gasteiger charge is -2.07. The monoisotopic (exact) mass is 324 g/mol. The number of benzene rings is 1. The van der Waals surface area contributed by atoms with Gasteiger partial charge in [-0.15, -0.1) is 0 Å². The van der Waals surface area contributed by atoms with E-state index in [1.54, 1.807) is 0 Å². The Morgan fingerprint density at radius 3 is 2.52 bits per heavy atom. The van der Waals surface area contributed by atoms with Gasteiger partial charge in [0.15, 0.2) is 0 Å². The first-order chi connectivity index (χ1) is 9.70. The van der Waals surface area contributed by atoms with E-state index in [0.717, 1.165) is 12.1 Å². The number of halogens is 4. The number of nitrogens with one attached hydrogen (secondary N) is 1. The van der Waals surface area contributed by atoms with Gasteiger partial charge in [-0.2, -0.15) is 13.2 Å². The first kappa shape index (κ1) is 17.2. The second-order valence-corrected chi connectivity index (χ2v) is 4.66. The SMILES string of the molecule is O=C(NCCCCC(F)(F)F)c1ccc([N+](=O)[O-])c(Cl)c1. The van der Waals surface area contributed by atoms with E-state index in [2.05, 4.69) is 5.32 Å². The second kappa shape index (κ2) is 7.26. The number of unbranched alkanes of at least 4 members (excludes halogenated alkanes) is 1. The molecule has 1 aromatic rings. The van der Waals surface area contributed by atoms with Crippen molar-refractivity contribution in [1.29, 1.82) is 0 Å². The highest BCUT2D eigenvalue weighted by Crippen LogP contribution is 2.25. The molecule has 1 rings (SSSR count). The van der Waals surface area contributed by atoms with Crippen LogP contribution in [0.4, 0.5) is 18.9 Å². The molecule has 0 bridgehead atoms. The van der Waals surface area contributed by atoms with Gasteiger partial charge < -0.3 is 5.32 Å². The molecule has 0 unspecified atom stereocenters. The summed E-state index contributed by atoms with van der Waals surface area (Å²) in [4.78, 5) is 21.6. The largest absolute Gasteiger partial charge is 0.389 e. The number of carbonyl (C=O) groups excluding carboxylic acids is 1. The third-order valence-electron chi connectivity index (χ3n) is 2.58. The molecule has 21 heavy (non-hydrogen) atoms. The molecule has 0 spiro atoms. The van der Waals surface area contributed by atoms with Crippen LogP contribution in [0.5, 0.6) is 0 Å². The first-order valence-electron chi connectivity index (χ1n) is 5.99. The van der Waals surface area contributed by atoms with Gasteiger partial charge in [0.25, 0.3) is 11.6 Å². The van der Waals surface area contributed by atoms with E-state index in [1.807, 2.05) is 0 Å². The Labute approximate surface area is 123 Å². The van der Waals surface area contributed by atoms with Crippen LogP contribution >= 0.6 is 11.6 Å². The summed E-state index contributed by atoms with van der Waals surface area (Å²) in [5, 5.41) is 12.8. The highest BCUT2D eigenvalue weighted by atomic mass is 35.5. The Morgan fingerprint density at radius 1 is 1.33 bits per heavy atom. The molecule has 0 heterocycles. The number of alkyl halides is 3. The van der Waals surface area contributed by atoms with E-state index >= 15 is 0 Å². The minimum absolute atomic E-state index is 0.0786. The Morgan fingerprint density at radius 2 is 2.00 bits per heavy atom. The molecule has 0 atom stereocenters. The van der Waals surface area contributed by atoms with Crippen molar-refractivity contribution >= 4 is 23.2 Å². The van der Waals surface area contributed by atoms with Crippen LogP contribution < -0.4 is 5.32 Å². The Balaban J connectivity index is 2.46. The molecule has 1 aromatic carbocycles. The van der Waals surface area contributed by atoms with Crippen molar-refractivity contribution < 1.29 is 22.9 Å². The number of nitro benzene ring substituents is 1. The summed E-state index contributed by atoms with van der Waals surface area (Å²) in [6.45, 7) is 0.0868. The number of hydrogen-bond donors (Lipinski definition) is 1. The van der Waals surface area contributed by atoms with Gasteiger partial charge in [0.1, 0.15) is 5.02 Å². The maximum Gasteiger partial charge on any atom is 0.389 e. The Hall–Kier alpha value is -1.83. The fraction of sp³-hybridized carbons (Fsp3) is 0.417. The molecule has 0 fully saturated rings. The van der Waals surface area contributed by atoms with Gasteiger partial charge in [0.05, 0.1) is 4.92 Å². The van der Waals surface area contributed by atoms with Gasteiger partial charge in [-0.05, 0) is 25.0 Å². The molecule has 0 aliphatic heterocycles. The molecule has 0 saturated heterocycles. The van der Waals surface area contributed by atoms with Gasteiger partial charge in [0.2, 0.25) is 0 Å². The molecule has 0 aliphatic rings. The molecule has 5 nitrogen and oxygen atoms in total. The maximum atomic E-state index is 11.9. The van der Waals surface area contributed by atoms with Crippen LogP contribution in [0.2, 0.25) is 5.02 Å². The van der Waals surface area contributed by atoms with Crippen LogP contribution in [0.15, 0.2) is 18.2 Å². The normalized spacial score (nSPS) is 11.2. The lowest BCUT2D eigenvalue weighted by molar-refractivity contribution is -0.384. The maximum absolute atomic E-state index is 11.9. The average molecular weight is 325 g/mol. The summed E-state index contributed by atoms with van der Waals surface area (Å²) >= 11 is 5.66. The summed E-state index contributed by atoms with van der Waals surface area (Å²) in [5.74, 6) is -0.543. The van der Waals surface area contributed by atoms with Crippen molar-refractivity contribution in [1.82, 2.24) is 5.32 Å². The van der Waals surface area contributed by atoms with Crippen molar-refractivity contribution in [3.8, 4) is 0 Å². The molecule has 116 valence electrons. The predicted octanol–water partition coefficient (Wildman–Crippen LogP) is 3.71. The van der Waals surface area contributed by atoms with Crippen molar-refractivity contribution in [3.05, 3.63) is 38.9 Å². The number of carbonyl (C=O) groups is 1. The van der Waals surface area contributed by atoms with Gasteiger partial charge in [-0.1, -0.05) is 11.6 Å². The van der Waals surface area contributed by atoms with E-state index in [4.69, 9.17) is 11.6 Å². The fourth-order valence-electron chi connectivity index (χ4n) is 1.55. The molecule has 1 N–H and O–H groups in total. The minimum Gasteiger partial charge on any atom is -0.352 e. The minimum atomic E-state index is -4.20. The van der Waals surface area contributed by atoms with Gasteiger partial charge in [-0.3, -0.25) is 14.9 Å². The van der Waals surface area contributed by atoms with E-state index < -0.39 is 23.4 Å². The zero-order chi connectivity index (χ0) is 16.0. The van der Waals surface area contributed by atoms with Gasteiger partial charge >= 0.3 is 6.18 Å². The Kier molecular flexibility index (Phi) is 5.95. The van der Waals surface area contributed by atoms with Gasteiger partial charge in [-0.25, -0.2) is 0 Å². The summed E-state index contributed by atoms with van der Waals surface area (Å²) in [5.41, 5.74) is -0.209. The standard InChI is InChI=1S/C12H12ClF3N2O3/c13-9-7-8(3-4-10(9)18(20)21)11(19)17-6-2-1-5-12(14,15)16/h3-4,7H,1-2,5-6H2,(H,17,19). The summed E-state index contributed by atoms with van der Waals surface area (Å²) in [6, 6.07) is 3.47. The van der Waals surface area contributed by atoms with Crippen LogP contribution in [0.25, 0.3) is 0 Å². The van der Waals surface area contributed by atoms with E-state index in [0.29, 0.717) is 0 Å². The predicted molar refractivity (Wildman–Crippen MR) is 70.3 cm³/mol. The highest BCUT2D eigenvalue weighted by molar-refractivity contribution is 6.33. The first-order valence-corrected chi connectivity index (χ1v) is 6.37. The highest BCUT2D eigenvalue weighted by Gasteiger charge is 2.25. The number of amides is 1. The van der Waals surface area contributed by atoms with Crippen molar-refractivity contribution in [2.75, 3.05) is 6.54 Å². The summed E-state index contributed by atoms with van der Waals surface area (Å²) in [7, 11) is 0. The topological polar surface area (TPSA) is 72.2 Å². The average Bonchev–Trinajstić information content (AvgIpc) is 2.36. The molecule has 0 aliphatic carbocycles. The number of hydrogen-bond acceptors (Lipinski definition) is 3. The lowest BCUT2D eigenvalue weighted by atomic mass is 10.2. The molecule has 0 saturated carbocycles. The van der Waals surface area contributed by atoms with Crippen LogP contribution in [0.3, 0.4) is 0 Å². The molecule has 0 aromatic heterocycles. The molecule has 9 heteroatoms.